The lowest BCUT2D eigenvalue weighted by Gasteiger charge is -2.11. The number of carbonyl (C=O) groups is 1. The minimum atomic E-state index is -0.180. The number of aliphatic hydroxyl groups excluding tert-OH is 1. The van der Waals surface area contributed by atoms with Gasteiger partial charge in [0, 0.05) is 12.6 Å². The van der Waals surface area contributed by atoms with E-state index >= 15 is 0 Å². The lowest BCUT2D eigenvalue weighted by molar-refractivity contribution is -0.141. The summed E-state index contributed by atoms with van der Waals surface area (Å²) >= 11 is 0. The first-order chi connectivity index (χ1) is 6.70. The van der Waals surface area contributed by atoms with Gasteiger partial charge in [0.25, 0.3) is 0 Å². The number of hydrogen-bond donors (Lipinski definition) is 2. The zero-order valence-corrected chi connectivity index (χ0v) is 9.08. The monoisotopic (exact) mass is 203 g/mol. The van der Waals surface area contributed by atoms with Crippen LogP contribution in [0.5, 0.6) is 0 Å². The lowest BCUT2D eigenvalue weighted by Crippen LogP contribution is -2.29. The fourth-order valence-corrected chi connectivity index (χ4v) is 1.17. The molecule has 0 spiro atoms. The zero-order valence-electron chi connectivity index (χ0n) is 9.08. The van der Waals surface area contributed by atoms with Crippen molar-refractivity contribution in [1.29, 1.82) is 0 Å². The van der Waals surface area contributed by atoms with Crippen LogP contribution in [-0.4, -0.2) is 37.4 Å². The normalized spacial score (nSPS) is 12.5. The first-order valence-electron chi connectivity index (χ1n) is 5.11. The van der Waals surface area contributed by atoms with E-state index in [1.807, 2.05) is 6.92 Å². The number of rotatable bonds is 8. The van der Waals surface area contributed by atoms with Gasteiger partial charge in [-0.05, 0) is 32.7 Å². The zero-order chi connectivity index (χ0) is 10.8. The number of esters is 1. The van der Waals surface area contributed by atoms with Crippen LogP contribution < -0.4 is 5.32 Å². The van der Waals surface area contributed by atoms with Crippen molar-refractivity contribution in [3.63, 3.8) is 0 Å². The molecule has 0 radical (unpaired) electrons. The van der Waals surface area contributed by atoms with Gasteiger partial charge in [-0.1, -0.05) is 0 Å². The summed E-state index contributed by atoms with van der Waals surface area (Å²) in [5.74, 6) is -0.180. The van der Waals surface area contributed by atoms with E-state index in [-0.39, 0.29) is 18.6 Å². The molecule has 0 rings (SSSR count). The van der Waals surface area contributed by atoms with Crippen molar-refractivity contribution in [3.05, 3.63) is 0 Å². The van der Waals surface area contributed by atoms with E-state index in [1.54, 1.807) is 0 Å². The van der Waals surface area contributed by atoms with Crippen molar-refractivity contribution in [3.8, 4) is 0 Å². The van der Waals surface area contributed by atoms with Gasteiger partial charge in [0.15, 0.2) is 0 Å². The Kier molecular flexibility index (Phi) is 8.57. The fraction of sp³-hybridized carbons (Fsp3) is 0.900. The van der Waals surface area contributed by atoms with Gasteiger partial charge in [-0.3, -0.25) is 4.79 Å². The average molecular weight is 203 g/mol. The topological polar surface area (TPSA) is 58.6 Å². The first kappa shape index (κ1) is 13.4. The summed E-state index contributed by atoms with van der Waals surface area (Å²) in [7, 11) is 1.40. The van der Waals surface area contributed by atoms with Crippen molar-refractivity contribution in [2.24, 2.45) is 0 Å². The molecule has 0 aliphatic carbocycles. The number of nitrogens with one attached hydrogen (secondary N) is 1. The Hall–Kier alpha value is -0.610. The Morgan fingerprint density at radius 1 is 1.43 bits per heavy atom. The summed E-state index contributed by atoms with van der Waals surface area (Å²) in [6.45, 7) is 3.11. The van der Waals surface area contributed by atoms with Gasteiger partial charge in [-0.25, -0.2) is 0 Å². The summed E-state index contributed by atoms with van der Waals surface area (Å²) in [6, 6.07) is 0.163. The molecule has 84 valence electrons. The molecule has 2 N–H and O–H groups in total. The third-order valence-corrected chi connectivity index (χ3v) is 2.03. The molecule has 4 heteroatoms. The lowest BCUT2D eigenvalue weighted by atomic mass is 10.2. The van der Waals surface area contributed by atoms with Gasteiger partial charge < -0.3 is 15.2 Å². The van der Waals surface area contributed by atoms with E-state index in [9.17, 15) is 4.79 Å². The fourth-order valence-electron chi connectivity index (χ4n) is 1.17. The van der Waals surface area contributed by atoms with Crippen molar-refractivity contribution in [1.82, 2.24) is 5.32 Å². The van der Waals surface area contributed by atoms with Gasteiger partial charge in [0.2, 0.25) is 0 Å². The second kappa shape index (κ2) is 8.97. The molecule has 1 unspecified atom stereocenters. The highest BCUT2D eigenvalue weighted by molar-refractivity contribution is 5.69. The standard InChI is InChI=1S/C10H21NO3/c1-9(8-10(13)14-2)11-6-4-3-5-7-12/h9,11-12H,3-8H2,1-2H3. The molecule has 0 aromatic carbocycles. The molecule has 0 fully saturated rings. The highest BCUT2D eigenvalue weighted by Gasteiger charge is 2.07. The summed E-state index contributed by atoms with van der Waals surface area (Å²) in [5, 5.41) is 11.8. The predicted octanol–water partition coefficient (Wildman–Crippen LogP) is 0.690. The van der Waals surface area contributed by atoms with E-state index in [1.165, 1.54) is 7.11 Å². The maximum absolute atomic E-state index is 10.9. The Morgan fingerprint density at radius 2 is 2.14 bits per heavy atom. The molecule has 0 aromatic rings. The molecule has 0 saturated heterocycles. The molecule has 0 aromatic heterocycles. The smallest absolute Gasteiger partial charge is 0.307 e. The summed E-state index contributed by atoms with van der Waals surface area (Å²) in [5.41, 5.74) is 0. The maximum atomic E-state index is 10.9. The number of methoxy groups -OCH3 is 1. The predicted molar refractivity (Wildman–Crippen MR) is 55.0 cm³/mol. The van der Waals surface area contributed by atoms with Crippen LogP contribution in [-0.2, 0) is 9.53 Å². The molecule has 0 aliphatic rings. The highest BCUT2D eigenvalue weighted by Crippen LogP contribution is 1.96. The van der Waals surface area contributed by atoms with Crippen LogP contribution in [0.2, 0.25) is 0 Å². The Bertz CT molecular complexity index is 150. The van der Waals surface area contributed by atoms with Gasteiger partial charge in [-0.2, -0.15) is 0 Å². The van der Waals surface area contributed by atoms with Gasteiger partial charge in [0.05, 0.1) is 13.5 Å². The molecule has 0 heterocycles. The molecule has 1 atom stereocenters. The third kappa shape index (κ3) is 8.01. The van der Waals surface area contributed by atoms with E-state index in [2.05, 4.69) is 10.1 Å². The molecule has 0 bridgehead atoms. The molecule has 4 nitrogen and oxygen atoms in total. The highest BCUT2D eigenvalue weighted by atomic mass is 16.5. The van der Waals surface area contributed by atoms with Gasteiger partial charge >= 0.3 is 5.97 Å². The van der Waals surface area contributed by atoms with Crippen molar-refractivity contribution in [2.45, 2.75) is 38.6 Å². The summed E-state index contributed by atoms with van der Waals surface area (Å²) in [6.07, 6.45) is 3.32. The molecule has 0 saturated carbocycles. The van der Waals surface area contributed by atoms with Crippen molar-refractivity contribution >= 4 is 5.97 Å². The van der Waals surface area contributed by atoms with Crippen molar-refractivity contribution < 1.29 is 14.6 Å². The number of carbonyl (C=O) groups excluding carboxylic acids is 1. The van der Waals surface area contributed by atoms with Crippen LogP contribution in [0.4, 0.5) is 0 Å². The van der Waals surface area contributed by atoms with Crippen LogP contribution in [0.1, 0.15) is 32.6 Å². The molecule has 0 amide bonds. The quantitative estimate of drug-likeness (QED) is 0.450. The van der Waals surface area contributed by atoms with E-state index in [0.717, 1.165) is 25.8 Å². The van der Waals surface area contributed by atoms with E-state index < -0.39 is 0 Å². The molecular formula is C10H21NO3. The first-order valence-corrected chi connectivity index (χ1v) is 5.11. The van der Waals surface area contributed by atoms with Gasteiger partial charge in [0.1, 0.15) is 0 Å². The number of unbranched alkanes of at least 4 members (excludes halogenated alkanes) is 2. The second-order valence-electron chi connectivity index (χ2n) is 3.42. The van der Waals surface area contributed by atoms with Gasteiger partial charge in [-0.15, -0.1) is 0 Å². The SMILES string of the molecule is COC(=O)CC(C)NCCCCCO. The van der Waals surface area contributed by atoms with Crippen molar-refractivity contribution in [2.75, 3.05) is 20.3 Å². The molecule has 14 heavy (non-hydrogen) atoms. The number of hydrogen-bond acceptors (Lipinski definition) is 4. The van der Waals surface area contributed by atoms with Crippen LogP contribution >= 0.6 is 0 Å². The van der Waals surface area contributed by atoms with Crippen LogP contribution in [0.3, 0.4) is 0 Å². The minimum Gasteiger partial charge on any atom is -0.469 e. The van der Waals surface area contributed by atoms with Crippen LogP contribution in [0.25, 0.3) is 0 Å². The molecule has 0 aliphatic heterocycles. The second-order valence-corrected chi connectivity index (χ2v) is 3.42. The minimum absolute atomic E-state index is 0.163. The van der Waals surface area contributed by atoms with E-state index in [0.29, 0.717) is 6.42 Å². The Labute approximate surface area is 85.6 Å². The molecular weight excluding hydrogens is 182 g/mol. The largest absolute Gasteiger partial charge is 0.469 e. The summed E-state index contributed by atoms with van der Waals surface area (Å²) in [4.78, 5) is 10.9. The van der Waals surface area contributed by atoms with Crippen LogP contribution in [0, 0.1) is 0 Å². The summed E-state index contributed by atoms with van der Waals surface area (Å²) < 4.78 is 4.55. The third-order valence-electron chi connectivity index (χ3n) is 2.03. The van der Waals surface area contributed by atoms with E-state index in [4.69, 9.17) is 5.11 Å². The average Bonchev–Trinajstić information content (AvgIpc) is 2.17. The maximum Gasteiger partial charge on any atom is 0.307 e. The Balaban J connectivity index is 3.26. The number of ether oxygens (including phenoxy) is 1. The van der Waals surface area contributed by atoms with Crippen LogP contribution in [0.15, 0.2) is 0 Å². The number of aliphatic hydroxyl groups is 1. The Morgan fingerprint density at radius 3 is 2.71 bits per heavy atom.